The molecule has 1 amide bonds. The number of alkyl carbamates (subject to hydrolysis) is 1. The molecule has 2 heterocycles. The molecule has 0 aliphatic heterocycles. The second-order valence-corrected chi connectivity index (χ2v) is 9.86. The lowest BCUT2D eigenvalue weighted by molar-refractivity contribution is -0.137. The minimum Gasteiger partial charge on any atom is -0.481 e. The van der Waals surface area contributed by atoms with E-state index in [1.807, 2.05) is 78.9 Å². The molecule has 0 bridgehead atoms. The Balaban J connectivity index is 1.23. The number of imidazole rings is 1. The SMILES string of the molecule is Cc1cn(CC(CC(=O)O)NC(=O)OCc2ccccc2)c(=O)nc1NCc1cccc(-c2nc3ccccc3[nH]2)c1. The molecule has 5 rings (SSSR count). The van der Waals surface area contributed by atoms with Crippen LogP contribution in [0.1, 0.15) is 23.1 Å². The highest BCUT2D eigenvalue weighted by atomic mass is 16.5. The molecule has 42 heavy (non-hydrogen) atoms. The molecule has 0 fully saturated rings. The van der Waals surface area contributed by atoms with Crippen molar-refractivity contribution in [3.05, 3.63) is 112 Å². The molecule has 1 unspecified atom stereocenters. The van der Waals surface area contributed by atoms with Gasteiger partial charge in [0.2, 0.25) is 0 Å². The number of carboxylic acids is 1. The number of aryl methyl sites for hydroxylation is 1. The molecule has 0 aliphatic rings. The predicted molar refractivity (Wildman–Crippen MR) is 158 cm³/mol. The van der Waals surface area contributed by atoms with E-state index in [4.69, 9.17) is 4.74 Å². The van der Waals surface area contributed by atoms with Crippen LogP contribution in [0.25, 0.3) is 22.4 Å². The number of hydrogen-bond acceptors (Lipinski definition) is 7. The molecule has 0 saturated carbocycles. The number of rotatable bonds is 11. The summed E-state index contributed by atoms with van der Waals surface area (Å²) in [6.45, 7) is 2.17. The van der Waals surface area contributed by atoms with Crippen molar-refractivity contribution < 1.29 is 19.4 Å². The molecule has 0 saturated heterocycles. The van der Waals surface area contributed by atoms with Crippen LogP contribution in [0, 0.1) is 6.92 Å². The zero-order chi connectivity index (χ0) is 29.5. The number of aliphatic carboxylic acids is 1. The molecule has 0 radical (unpaired) electrons. The van der Waals surface area contributed by atoms with E-state index in [2.05, 4.69) is 25.6 Å². The van der Waals surface area contributed by atoms with Crippen LogP contribution in [-0.2, 0) is 29.2 Å². The molecule has 5 aromatic rings. The number of carbonyl (C=O) groups excluding carboxylic acids is 1. The van der Waals surface area contributed by atoms with Gasteiger partial charge in [-0.3, -0.25) is 9.36 Å². The average molecular weight is 567 g/mol. The molecule has 3 aromatic carbocycles. The van der Waals surface area contributed by atoms with Crippen LogP contribution < -0.4 is 16.3 Å². The first-order valence-electron chi connectivity index (χ1n) is 13.4. The Labute approximate surface area is 241 Å². The summed E-state index contributed by atoms with van der Waals surface area (Å²) in [7, 11) is 0. The maximum absolute atomic E-state index is 12.9. The predicted octanol–water partition coefficient (Wildman–Crippen LogP) is 4.48. The smallest absolute Gasteiger partial charge is 0.407 e. The molecule has 214 valence electrons. The minimum absolute atomic E-state index is 0.0363. The van der Waals surface area contributed by atoms with Crippen molar-refractivity contribution in [3.63, 3.8) is 0 Å². The van der Waals surface area contributed by atoms with Crippen LogP contribution >= 0.6 is 0 Å². The van der Waals surface area contributed by atoms with Crippen LogP contribution in [0.15, 0.2) is 89.9 Å². The van der Waals surface area contributed by atoms with E-state index < -0.39 is 30.2 Å². The Kier molecular flexibility index (Phi) is 8.57. The van der Waals surface area contributed by atoms with E-state index >= 15 is 0 Å². The van der Waals surface area contributed by atoms with E-state index in [0.29, 0.717) is 17.9 Å². The summed E-state index contributed by atoms with van der Waals surface area (Å²) in [5, 5.41) is 15.1. The van der Waals surface area contributed by atoms with Crippen molar-refractivity contribution in [2.45, 2.75) is 39.1 Å². The molecule has 0 aliphatic carbocycles. The first-order valence-corrected chi connectivity index (χ1v) is 13.4. The summed E-state index contributed by atoms with van der Waals surface area (Å²) in [6.07, 6.45) is 0.424. The van der Waals surface area contributed by atoms with Crippen LogP contribution in [-0.4, -0.2) is 42.7 Å². The van der Waals surface area contributed by atoms with E-state index in [-0.39, 0.29) is 13.2 Å². The zero-order valence-corrected chi connectivity index (χ0v) is 22.9. The Hall–Kier alpha value is -5.45. The second-order valence-electron chi connectivity index (χ2n) is 9.86. The highest BCUT2D eigenvalue weighted by Crippen LogP contribution is 2.22. The number of aromatic nitrogens is 4. The first-order chi connectivity index (χ1) is 20.3. The lowest BCUT2D eigenvalue weighted by Crippen LogP contribution is -2.42. The average Bonchev–Trinajstić information content (AvgIpc) is 3.42. The van der Waals surface area contributed by atoms with Crippen molar-refractivity contribution >= 4 is 28.9 Å². The number of nitrogens with zero attached hydrogens (tertiary/aromatic N) is 3. The number of nitrogens with one attached hydrogen (secondary N) is 3. The number of carboxylic acid groups (broad SMARTS) is 1. The van der Waals surface area contributed by atoms with Crippen LogP contribution in [0.3, 0.4) is 0 Å². The summed E-state index contributed by atoms with van der Waals surface area (Å²) in [5.74, 6) is 0.0584. The minimum atomic E-state index is -1.12. The van der Waals surface area contributed by atoms with Gasteiger partial charge in [0, 0.05) is 30.4 Å². The van der Waals surface area contributed by atoms with Crippen molar-refractivity contribution in [3.8, 4) is 11.4 Å². The summed E-state index contributed by atoms with van der Waals surface area (Å²) in [5.41, 5.74) is 4.66. The molecule has 1 atom stereocenters. The lowest BCUT2D eigenvalue weighted by Gasteiger charge is -2.19. The quantitative estimate of drug-likeness (QED) is 0.183. The Morgan fingerprint density at radius 2 is 1.76 bits per heavy atom. The summed E-state index contributed by atoms with van der Waals surface area (Å²) >= 11 is 0. The van der Waals surface area contributed by atoms with Gasteiger partial charge in [0.25, 0.3) is 0 Å². The fourth-order valence-corrected chi connectivity index (χ4v) is 4.55. The van der Waals surface area contributed by atoms with E-state index in [1.54, 1.807) is 13.1 Å². The number of anilines is 1. The first kappa shape index (κ1) is 28.1. The lowest BCUT2D eigenvalue weighted by atomic mass is 10.1. The largest absolute Gasteiger partial charge is 0.481 e. The van der Waals surface area contributed by atoms with Gasteiger partial charge in [0.05, 0.1) is 23.5 Å². The van der Waals surface area contributed by atoms with Gasteiger partial charge in [-0.05, 0) is 36.2 Å². The highest BCUT2D eigenvalue weighted by Gasteiger charge is 2.19. The number of hydrogen-bond donors (Lipinski definition) is 4. The fraction of sp³-hybridized carbons (Fsp3) is 0.194. The Morgan fingerprint density at radius 1 is 1.00 bits per heavy atom. The van der Waals surface area contributed by atoms with Crippen molar-refractivity contribution in [2.75, 3.05) is 5.32 Å². The van der Waals surface area contributed by atoms with Crippen molar-refractivity contribution in [2.24, 2.45) is 0 Å². The monoisotopic (exact) mass is 566 g/mol. The summed E-state index contributed by atoms with van der Waals surface area (Å²) < 4.78 is 6.50. The van der Waals surface area contributed by atoms with Gasteiger partial charge in [-0.1, -0.05) is 60.7 Å². The fourth-order valence-electron chi connectivity index (χ4n) is 4.55. The van der Waals surface area contributed by atoms with Gasteiger partial charge < -0.3 is 25.5 Å². The van der Waals surface area contributed by atoms with Gasteiger partial charge in [-0.25, -0.2) is 14.6 Å². The molecule has 11 nitrogen and oxygen atoms in total. The summed E-state index contributed by atoms with van der Waals surface area (Å²) in [4.78, 5) is 48.8. The second kappa shape index (κ2) is 12.8. The standard InChI is InChI=1S/C31H30N6O5/c1-20-17-37(18-24(15-27(38)39)33-31(41)42-19-21-8-3-2-4-9-21)30(40)36-28(20)32-16-22-10-7-11-23(14-22)29-34-25-12-5-6-13-26(25)35-29/h2-14,17,24H,15-16,18-19H2,1H3,(H,33,41)(H,34,35)(H,38,39)(H,32,36,40). The van der Waals surface area contributed by atoms with Gasteiger partial charge in [-0.2, -0.15) is 4.98 Å². The number of benzene rings is 3. The highest BCUT2D eigenvalue weighted by molar-refractivity contribution is 5.79. The number of para-hydroxylation sites is 2. The third kappa shape index (κ3) is 7.19. The van der Waals surface area contributed by atoms with Gasteiger partial charge in [-0.15, -0.1) is 0 Å². The molecular formula is C31H30N6O5. The number of H-pyrrole nitrogens is 1. The number of carbonyl (C=O) groups is 2. The molecule has 4 N–H and O–H groups in total. The van der Waals surface area contributed by atoms with E-state index in [1.165, 1.54) is 4.57 Å². The molecule has 0 spiro atoms. The topological polar surface area (TPSA) is 151 Å². The van der Waals surface area contributed by atoms with E-state index in [0.717, 1.165) is 33.5 Å². The van der Waals surface area contributed by atoms with Crippen molar-refractivity contribution in [1.29, 1.82) is 0 Å². The maximum Gasteiger partial charge on any atom is 0.407 e. The summed E-state index contributed by atoms with van der Waals surface area (Å²) in [6, 6.07) is 24.0. The third-order valence-electron chi connectivity index (χ3n) is 6.60. The number of aromatic amines is 1. The molecule has 2 aromatic heterocycles. The van der Waals surface area contributed by atoms with Crippen LogP contribution in [0.2, 0.25) is 0 Å². The van der Waals surface area contributed by atoms with E-state index in [9.17, 15) is 19.5 Å². The maximum atomic E-state index is 12.9. The normalized spacial score (nSPS) is 11.6. The number of amides is 1. The van der Waals surface area contributed by atoms with Crippen LogP contribution in [0.4, 0.5) is 10.6 Å². The van der Waals surface area contributed by atoms with Gasteiger partial charge in [0.15, 0.2) is 0 Å². The molecule has 11 heteroatoms. The molecular weight excluding hydrogens is 536 g/mol. The van der Waals surface area contributed by atoms with Crippen molar-refractivity contribution in [1.82, 2.24) is 24.8 Å². The number of ether oxygens (including phenoxy) is 1. The number of fused-ring (bicyclic) bond motifs is 1. The Bertz CT molecular complexity index is 1730. The van der Waals surface area contributed by atoms with Gasteiger partial charge >= 0.3 is 17.8 Å². The third-order valence-corrected chi connectivity index (χ3v) is 6.60. The van der Waals surface area contributed by atoms with Crippen LogP contribution in [0.5, 0.6) is 0 Å². The Morgan fingerprint density at radius 3 is 2.55 bits per heavy atom. The van der Waals surface area contributed by atoms with Gasteiger partial charge in [0.1, 0.15) is 18.2 Å². The zero-order valence-electron chi connectivity index (χ0n) is 22.9.